The number of aliphatic hydroxyl groups is 1. The first kappa shape index (κ1) is 53.2. The molecule has 0 aliphatic heterocycles. The molecule has 0 fully saturated rings. The number of rotatable bonds is 14. The second-order valence-corrected chi connectivity index (χ2v) is 9.40. The summed E-state index contributed by atoms with van der Waals surface area (Å²) in [5, 5.41) is 59.0. The van der Waals surface area contributed by atoms with E-state index in [-0.39, 0.29) is 37.5 Å². The molecule has 22 heteroatoms. The lowest BCUT2D eigenvalue weighted by Gasteiger charge is -2.21. The molecule has 0 aromatic carbocycles. The third kappa shape index (κ3) is 85.4. The SMILES string of the molecule is CC(N)=O.C[N+](C)(C)CCO.N=C(N)NCCCC(N)C(=O)O.N=C(N)NCCCC(N)C(=O)O.NCC(=O)O.NCC(=O)O. The maximum atomic E-state index is 10.2. The first-order valence-corrected chi connectivity index (χ1v) is 13.0. The van der Waals surface area contributed by atoms with Crippen LogP contribution in [0, 0.1) is 10.8 Å². The number of aliphatic hydroxyl groups excluding tert-OH is 1. The van der Waals surface area contributed by atoms with Crippen molar-refractivity contribution in [1.29, 1.82) is 10.8 Å². The van der Waals surface area contributed by atoms with Crippen LogP contribution in [0.25, 0.3) is 0 Å². The molecule has 2 atom stereocenters. The van der Waals surface area contributed by atoms with E-state index < -0.39 is 36.0 Å². The molecule has 0 aliphatic carbocycles. The molecule has 0 saturated heterocycles. The molecule has 0 heterocycles. The highest BCUT2D eigenvalue weighted by molar-refractivity contribution is 5.75. The van der Waals surface area contributed by atoms with Gasteiger partial charge < -0.3 is 80.8 Å². The largest absolute Gasteiger partial charge is 0.480 e. The van der Waals surface area contributed by atoms with Crippen LogP contribution in [-0.2, 0) is 24.0 Å². The van der Waals surface area contributed by atoms with Gasteiger partial charge in [-0.15, -0.1) is 0 Å². The number of carboxylic acid groups (broad SMARTS) is 4. The van der Waals surface area contributed by atoms with Crippen LogP contribution in [0.3, 0.4) is 0 Å². The maximum Gasteiger partial charge on any atom is 0.320 e. The summed E-state index contributed by atoms with van der Waals surface area (Å²) in [6.45, 7) is 2.83. The van der Waals surface area contributed by atoms with Crippen LogP contribution in [0.4, 0.5) is 0 Å². The highest BCUT2D eigenvalue weighted by Gasteiger charge is 2.10. The van der Waals surface area contributed by atoms with E-state index in [0.29, 0.717) is 38.8 Å². The number of quaternary nitrogens is 1. The maximum absolute atomic E-state index is 10.2. The summed E-state index contributed by atoms with van der Waals surface area (Å²) in [7, 11) is 6.16. The van der Waals surface area contributed by atoms with Gasteiger partial charge in [-0.2, -0.15) is 0 Å². The van der Waals surface area contributed by atoms with Crippen molar-refractivity contribution in [2.45, 2.75) is 44.7 Å². The zero-order chi connectivity index (χ0) is 37.2. The fraction of sp³-hybridized carbons (Fsp3) is 0.696. The van der Waals surface area contributed by atoms with Gasteiger partial charge in [0.1, 0.15) is 18.6 Å². The Morgan fingerprint density at radius 3 is 1.07 bits per heavy atom. The van der Waals surface area contributed by atoms with Crippen molar-refractivity contribution in [1.82, 2.24) is 10.6 Å². The predicted molar refractivity (Wildman–Crippen MR) is 168 cm³/mol. The molecule has 0 aromatic rings. The summed E-state index contributed by atoms with van der Waals surface area (Å²) in [4.78, 5) is 48.1. The molecule has 22 nitrogen and oxygen atoms in total. The second-order valence-electron chi connectivity index (χ2n) is 9.40. The summed E-state index contributed by atoms with van der Waals surface area (Å²) in [5.41, 5.74) is 34.0. The number of nitrogens with one attached hydrogen (secondary N) is 4. The van der Waals surface area contributed by atoms with Crippen molar-refractivity contribution in [3.8, 4) is 0 Å². The van der Waals surface area contributed by atoms with Gasteiger partial charge in [0.25, 0.3) is 0 Å². The number of nitrogens with two attached hydrogens (primary N) is 7. The van der Waals surface area contributed by atoms with Crippen molar-refractivity contribution in [2.75, 3.05) is 60.5 Å². The van der Waals surface area contributed by atoms with E-state index in [1.807, 2.05) is 0 Å². The summed E-state index contributed by atoms with van der Waals surface area (Å²) in [6.07, 6.45) is 1.95. The number of hydrogen-bond donors (Lipinski definition) is 16. The average molecular weight is 662 g/mol. The molecule has 2 unspecified atom stereocenters. The number of amides is 1. The fourth-order valence-electron chi connectivity index (χ4n) is 1.64. The van der Waals surface area contributed by atoms with Crippen LogP contribution in [-0.4, -0.2) is 144 Å². The standard InChI is InChI=1S/2C6H14N4O2.C5H14NO.2C2H5NO2.C2H5NO/c2*7-4(5(11)12)2-1-3-10-6(8)9;1-6(2,3)4-5-7;2*3-1-2(4)5;1-2(3)4/h2*4H,1-3,7H2,(H,11,12)(H4,8,9,10);7H,4-5H2,1-3H3;2*1,3H2,(H,4,5);1H3,(H2,3,4)/q;;+1;;;. The minimum absolute atomic E-state index is 0.112. The number of primary amides is 1. The van der Waals surface area contributed by atoms with E-state index in [9.17, 15) is 24.0 Å². The number of nitrogens with zero attached hydrogens (tertiary/aromatic N) is 1. The molecule has 0 aliphatic rings. The van der Waals surface area contributed by atoms with Crippen molar-refractivity contribution >= 4 is 41.7 Å². The smallest absolute Gasteiger partial charge is 0.320 e. The molecular weight excluding hydrogens is 604 g/mol. The van der Waals surface area contributed by atoms with E-state index in [1.165, 1.54) is 6.92 Å². The molecule has 0 spiro atoms. The third-order valence-corrected chi connectivity index (χ3v) is 3.77. The molecule has 45 heavy (non-hydrogen) atoms. The molecule has 0 saturated carbocycles. The quantitative estimate of drug-likeness (QED) is 0.0357. The zero-order valence-electron chi connectivity index (χ0n) is 26.5. The van der Waals surface area contributed by atoms with Crippen LogP contribution in [0.1, 0.15) is 32.6 Å². The first-order valence-electron chi connectivity index (χ1n) is 13.0. The normalized spacial score (nSPS) is 10.5. The van der Waals surface area contributed by atoms with Gasteiger partial charge in [0.15, 0.2) is 11.9 Å². The van der Waals surface area contributed by atoms with Crippen LogP contribution < -0.4 is 50.8 Å². The van der Waals surface area contributed by atoms with E-state index in [2.05, 4.69) is 49.0 Å². The van der Waals surface area contributed by atoms with Gasteiger partial charge in [0.2, 0.25) is 5.91 Å². The lowest BCUT2D eigenvalue weighted by atomic mass is 10.2. The van der Waals surface area contributed by atoms with Gasteiger partial charge in [-0.1, -0.05) is 0 Å². The molecule has 268 valence electrons. The van der Waals surface area contributed by atoms with Crippen molar-refractivity contribution < 1.29 is 54.0 Å². The van der Waals surface area contributed by atoms with Crippen LogP contribution in [0.5, 0.6) is 0 Å². The predicted octanol–water partition coefficient (Wildman–Crippen LogP) is -5.44. The first-order chi connectivity index (χ1) is 20.4. The number of carboxylic acids is 4. The Labute approximate surface area is 262 Å². The van der Waals surface area contributed by atoms with E-state index in [1.54, 1.807) is 0 Å². The lowest BCUT2D eigenvalue weighted by molar-refractivity contribution is -0.870. The van der Waals surface area contributed by atoms with Gasteiger partial charge in [-0.05, 0) is 25.7 Å². The zero-order valence-corrected chi connectivity index (χ0v) is 26.5. The number of aliphatic carboxylic acids is 4. The van der Waals surface area contributed by atoms with Gasteiger partial charge in [0, 0.05) is 20.0 Å². The Bertz CT molecular complexity index is 771. The number of carbonyl (C=O) groups is 5. The molecule has 23 N–H and O–H groups in total. The highest BCUT2D eigenvalue weighted by Crippen LogP contribution is 1.93. The average Bonchev–Trinajstić information content (AvgIpc) is 2.88. The summed E-state index contributed by atoms with van der Waals surface area (Å²) in [5.74, 6) is -4.50. The minimum atomic E-state index is -1.00. The summed E-state index contributed by atoms with van der Waals surface area (Å²) >= 11 is 0. The minimum Gasteiger partial charge on any atom is -0.480 e. The van der Waals surface area contributed by atoms with Gasteiger partial charge >= 0.3 is 23.9 Å². The van der Waals surface area contributed by atoms with E-state index in [0.717, 1.165) is 11.0 Å². The summed E-state index contributed by atoms with van der Waals surface area (Å²) < 4.78 is 0.844. The van der Waals surface area contributed by atoms with Gasteiger partial charge in [0.05, 0.1) is 40.8 Å². The Hall–Kier alpha value is -4.35. The topological polar surface area (TPSA) is 440 Å². The summed E-state index contributed by atoms with van der Waals surface area (Å²) in [6, 6.07) is -1.64. The Morgan fingerprint density at radius 1 is 0.711 bits per heavy atom. The van der Waals surface area contributed by atoms with Crippen molar-refractivity contribution in [2.24, 2.45) is 40.1 Å². The Morgan fingerprint density at radius 2 is 0.956 bits per heavy atom. The monoisotopic (exact) mass is 661 g/mol. The van der Waals surface area contributed by atoms with Gasteiger partial charge in [-0.3, -0.25) is 34.8 Å². The van der Waals surface area contributed by atoms with Crippen molar-refractivity contribution in [3.63, 3.8) is 0 Å². The second kappa shape index (κ2) is 35.8. The molecule has 0 rings (SSSR count). The van der Waals surface area contributed by atoms with Gasteiger partial charge in [-0.25, -0.2) is 0 Å². The highest BCUT2D eigenvalue weighted by atomic mass is 16.4. The molecule has 0 radical (unpaired) electrons. The Kier molecular flexibility index (Phi) is 42.4. The molecule has 0 aromatic heterocycles. The van der Waals surface area contributed by atoms with Crippen LogP contribution in [0.2, 0.25) is 0 Å². The van der Waals surface area contributed by atoms with Crippen LogP contribution >= 0.6 is 0 Å². The van der Waals surface area contributed by atoms with Crippen LogP contribution in [0.15, 0.2) is 0 Å². The van der Waals surface area contributed by atoms with E-state index in [4.69, 9.17) is 59.3 Å². The third-order valence-electron chi connectivity index (χ3n) is 3.77. The van der Waals surface area contributed by atoms with Crippen molar-refractivity contribution in [3.05, 3.63) is 0 Å². The molecule has 1 amide bonds. The number of guanidine groups is 2. The molecular formula is C23H57N12O10+. The van der Waals surface area contributed by atoms with E-state index >= 15 is 0 Å². The lowest BCUT2D eigenvalue weighted by Crippen LogP contribution is -2.36. The Balaban J connectivity index is -0.000000107. The fourth-order valence-corrected chi connectivity index (χ4v) is 1.64. The number of carbonyl (C=O) groups excluding carboxylic acids is 1. The molecule has 0 bridgehead atoms. The number of likely N-dealkylation sites (N-methyl/N-ethyl adjacent to an activating group) is 1. The number of hydrogen-bond acceptors (Lipinski definition) is 12.